The van der Waals surface area contributed by atoms with Crippen molar-refractivity contribution in [2.45, 2.75) is 18.4 Å². The molecule has 2 aliphatic rings. The molecule has 0 radical (unpaired) electrons. The van der Waals surface area contributed by atoms with Gasteiger partial charge in [-0.25, -0.2) is 4.39 Å². The summed E-state index contributed by atoms with van der Waals surface area (Å²) in [6.07, 6.45) is 9.16. The second kappa shape index (κ2) is 4.44. The third kappa shape index (κ3) is 1.73. The largest absolute Gasteiger partial charge is 0.378 e. The molecular formula is C17H15FN2. The van der Waals surface area contributed by atoms with Crippen molar-refractivity contribution in [3.8, 4) is 0 Å². The van der Waals surface area contributed by atoms with E-state index in [0.717, 1.165) is 17.7 Å². The molecule has 1 aliphatic carbocycles. The van der Waals surface area contributed by atoms with Gasteiger partial charge < -0.3 is 5.32 Å². The lowest BCUT2D eigenvalue weighted by Crippen LogP contribution is -2.29. The summed E-state index contributed by atoms with van der Waals surface area (Å²) in [4.78, 5) is 4.22. The van der Waals surface area contributed by atoms with Gasteiger partial charge >= 0.3 is 0 Å². The van der Waals surface area contributed by atoms with E-state index in [-0.39, 0.29) is 11.9 Å². The number of hydrogen-bond donors (Lipinski definition) is 1. The highest BCUT2D eigenvalue weighted by Crippen LogP contribution is 2.49. The first-order valence-electron chi connectivity index (χ1n) is 6.95. The first-order valence-corrected chi connectivity index (χ1v) is 6.95. The standard InChI is InChI=1S/C17H15FN2/c18-12-6-7-16-15(9-12)13-4-1-5-14(13)17(20-16)11-3-2-8-19-10-11/h1-4,6-10,13-14,17,20H,5H2/t13-,14+,17+/m0/s1. The fourth-order valence-electron chi connectivity index (χ4n) is 3.46. The molecule has 2 heterocycles. The molecule has 1 aromatic carbocycles. The third-order valence-electron chi connectivity index (χ3n) is 4.37. The normalized spacial score (nSPS) is 26.8. The van der Waals surface area contributed by atoms with E-state index in [0.29, 0.717) is 11.8 Å². The van der Waals surface area contributed by atoms with Gasteiger partial charge in [-0.05, 0) is 47.7 Å². The van der Waals surface area contributed by atoms with Crippen molar-refractivity contribution in [3.63, 3.8) is 0 Å². The fourth-order valence-corrected chi connectivity index (χ4v) is 3.46. The summed E-state index contributed by atoms with van der Waals surface area (Å²) < 4.78 is 13.5. The highest BCUT2D eigenvalue weighted by molar-refractivity contribution is 5.59. The quantitative estimate of drug-likeness (QED) is 0.788. The van der Waals surface area contributed by atoms with E-state index in [9.17, 15) is 4.39 Å². The molecule has 0 saturated carbocycles. The number of pyridine rings is 1. The highest BCUT2D eigenvalue weighted by atomic mass is 19.1. The maximum absolute atomic E-state index is 13.5. The molecule has 1 aliphatic heterocycles. The van der Waals surface area contributed by atoms with Crippen molar-refractivity contribution in [2.24, 2.45) is 5.92 Å². The number of anilines is 1. The zero-order chi connectivity index (χ0) is 13.5. The Labute approximate surface area is 117 Å². The van der Waals surface area contributed by atoms with E-state index >= 15 is 0 Å². The average molecular weight is 266 g/mol. The highest BCUT2D eigenvalue weighted by Gasteiger charge is 2.37. The average Bonchev–Trinajstić information content (AvgIpc) is 2.97. The van der Waals surface area contributed by atoms with Crippen LogP contribution in [0, 0.1) is 11.7 Å². The Balaban J connectivity index is 1.80. The smallest absolute Gasteiger partial charge is 0.123 e. The number of allylic oxidation sites excluding steroid dienone is 2. The van der Waals surface area contributed by atoms with Gasteiger partial charge in [0, 0.05) is 24.0 Å². The van der Waals surface area contributed by atoms with Crippen molar-refractivity contribution in [1.82, 2.24) is 4.98 Å². The van der Waals surface area contributed by atoms with Gasteiger partial charge in [-0.1, -0.05) is 18.2 Å². The lowest BCUT2D eigenvalue weighted by Gasteiger charge is -2.37. The maximum atomic E-state index is 13.5. The lowest BCUT2D eigenvalue weighted by molar-refractivity contribution is 0.423. The molecule has 0 amide bonds. The molecular weight excluding hydrogens is 251 g/mol. The Morgan fingerprint density at radius 1 is 1.25 bits per heavy atom. The van der Waals surface area contributed by atoms with Crippen LogP contribution in [0.15, 0.2) is 54.9 Å². The number of nitrogens with one attached hydrogen (secondary N) is 1. The maximum Gasteiger partial charge on any atom is 0.123 e. The zero-order valence-electron chi connectivity index (χ0n) is 11.0. The second-order valence-corrected chi connectivity index (χ2v) is 5.49. The van der Waals surface area contributed by atoms with Crippen molar-refractivity contribution in [2.75, 3.05) is 5.32 Å². The molecule has 0 unspecified atom stereocenters. The number of aromatic nitrogens is 1. The lowest BCUT2D eigenvalue weighted by atomic mass is 9.77. The van der Waals surface area contributed by atoms with E-state index in [1.807, 2.05) is 18.3 Å². The fraction of sp³-hybridized carbons (Fsp3) is 0.235. The second-order valence-electron chi connectivity index (χ2n) is 5.49. The van der Waals surface area contributed by atoms with Crippen molar-refractivity contribution < 1.29 is 4.39 Å². The molecule has 2 aromatic rings. The Hall–Kier alpha value is -2.16. The van der Waals surface area contributed by atoms with Crippen LogP contribution < -0.4 is 5.32 Å². The van der Waals surface area contributed by atoms with Gasteiger partial charge in [0.25, 0.3) is 0 Å². The minimum atomic E-state index is -0.163. The van der Waals surface area contributed by atoms with Crippen molar-refractivity contribution in [3.05, 3.63) is 71.8 Å². The van der Waals surface area contributed by atoms with Crippen LogP contribution in [-0.2, 0) is 0 Å². The van der Waals surface area contributed by atoms with Gasteiger partial charge in [-0.3, -0.25) is 4.98 Å². The summed E-state index contributed by atoms with van der Waals surface area (Å²) >= 11 is 0. The molecule has 2 nitrogen and oxygen atoms in total. The van der Waals surface area contributed by atoms with E-state index in [1.54, 1.807) is 12.3 Å². The zero-order valence-corrected chi connectivity index (χ0v) is 11.0. The summed E-state index contributed by atoms with van der Waals surface area (Å²) in [5.74, 6) is 0.574. The first kappa shape index (κ1) is 11.6. The summed E-state index contributed by atoms with van der Waals surface area (Å²) in [5, 5.41) is 3.57. The number of fused-ring (bicyclic) bond motifs is 3. The molecule has 3 atom stereocenters. The summed E-state index contributed by atoms with van der Waals surface area (Å²) in [6, 6.07) is 9.33. The molecule has 0 bridgehead atoms. The molecule has 4 rings (SSSR count). The monoisotopic (exact) mass is 266 g/mol. The number of hydrogen-bond acceptors (Lipinski definition) is 2. The number of nitrogens with zero attached hydrogens (tertiary/aromatic N) is 1. The van der Waals surface area contributed by atoms with Crippen LogP contribution in [0.25, 0.3) is 0 Å². The Bertz CT molecular complexity index is 666. The summed E-state index contributed by atoms with van der Waals surface area (Å²) in [5.41, 5.74) is 3.30. The predicted octanol–water partition coefficient (Wildman–Crippen LogP) is 4.05. The van der Waals surface area contributed by atoms with Crippen LogP contribution in [0.1, 0.15) is 29.5 Å². The first-order chi connectivity index (χ1) is 9.83. The van der Waals surface area contributed by atoms with E-state index in [2.05, 4.69) is 28.5 Å². The minimum Gasteiger partial charge on any atom is -0.378 e. The van der Waals surface area contributed by atoms with Crippen LogP contribution in [0.2, 0.25) is 0 Å². The molecule has 1 N–H and O–H groups in total. The number of rotatable bonds is 1. The van der Waals surface area contributed by atoms with Gasteiger partial charge in [-0.2, -0.15) is 0 Å². The molecule has 20 heavy (non-hydrogen) atoms. The van der Waals surface area contributed by atoms with E-state index < -0.39 is 0 Å². The molecule has 3 heteroatoms. The van der Waals surface area contributed by atoms with Gasteiger partial charge in [0.2, 0.25) is 0 Å². The predicted molar refractivity (Wildman–Crippen MR) is 77.0 cm³/mol. The van der Waals surface area contributed by atoms with Crippen LogP contribution >= 0.6 is 0 Å². The van der Waals surface area contributed by atoms with Gasteiger partial charge in [0.05, 0.1) is 6.04 Å². The number of halogens is 1. The Kier molecular flexibility index (Phi) is 2.59. The van der Waals surface area contributed by atoms with Crippen LogP contribution in [-0.4, -0.2) is 4.98 Å². The van der Waals surface area contributed by atoms with Gasteiger partial charge in [0.15, 0.2) is 0 Å². The van der Waals surface area contributed by atoms with Crippen molar-refractivity contribution in [1.29, 1.82) is 0 Å². The molecule has 1 aromatic heterocycles. The molecule has 0 fully saturated rings. The molecule has 0 spiro atoms. The molecule has 100 valence electrons. The Morgan fingerprint density at radius 2 is 2.20 bits per heavy atom. The van der Waals surface area contributed by atoms with Crippen LogP contribution in [0.4, 0.5) is 10.1 Å². The topological polar surface area (TPSA) is 24.9 Å². The van der Waals surface area contributed by atoms with E-state index in [1.165, 1.54) is 11.6 Å². The summed E-state index contributed by atoms with van der Waals surface area (Å²) in [6.45, 7) is 0. The third-order valence-corrected chi connectivity index (χ3v) is 4.37. The molecule has 0 saturated heterocycles. The SMILES string of the molecule is Fc1ccc2c(c1)[C@H]1C=CC[C@H]1[C@@H](c1cccnc1)N2. The van der Waals surface area contributed by atoms with Gasteiger partial charge in [-0.15, -0.1) is 0 Å². The Morgan fingerprint density at radius 3 is 3.05 bits per heavy atom. The summed E-state index contributed by atoms with van der Waals surface area (Å²) in [7, 11) is 0. The van der Waals surface area contributed by atoms with Gasteiger partial charge in [0.1, 0.15) is 5.82 Å². The number of benzene rings is 1. The van der Waals surface area contributed by atoms with Crippen LogP contribution in [0.3, 0.4) is 0 Å². The van der Waals surface area contributed by atoms with Crippen LogP contribution in [0.5, 0.6) is 0 Å². The van der Waals surface area contributed by atoms with Crippen molar-refractivity contribution >= 4 is 5.69 Å². The minimum absolute atomic E-state index is 0.163. The van der Waals surface area contributed by atoms with E-state index in [4.69, 9.17) is 0 Å².